The monoisotopic (exact) mass is 283 g/mol. The van der Waals surface area contributed by atoms with Crippen LogP contribution in [-0.4, -0.2) is 30.7 Å². The van der Waals surface area contributed by atoms with Crippen LogP contribution in [0.2, 0.25) is 0 Å². The number of benzene rings is 1. The SMILES string of the molecule is CC1CNCCN1c1cccc(OCc2ccccc2)n1. The van der Waals surface area contributed by atoms with E-state index >= 15 is 0 Å². The molecule has 4 nitrogen and oxygen atoms in total. The first-order valence-electron chi connectivity index (χ1n) is 7.44. The number of rotatable bonds is 4. The van der Waals surface area contributed by atoms with Gasteiger partial charge in [0.15, 0.2) is 0 Å². The summed E-state index contributed by atoms with van der Waals surface area (Å²) in [5, 5.41) is 3.39. The number of piperazine rings is 1. The van der Waals surface area contributed by atoms with Crippen molar-refractivity contribution >= 4 is 5.82 Å². The van der Waals surface area contributed by atoms with Crippen molar-refractivity contribution in [2.75, 3.05) is 24.5 Å². The van der Waals surface area contributed by atoms with Crippen LogP contribution in [0.5, 0.6) is 5.88 Å². The van der Waals surface area contributed by atoms with Gasteiger partial charge in [-0.15, -0.1) is 0 Å². The molecule has 21 heavy (non-hydrogen) atoms. The van der Waals surface area contributed by atoms with Crippen molar-refractivity contribution in [2.24, 2.45) is 0 Å². The Kier molecular flexibility index (Phi) is 4.36. The van der Waals surface area contributed by atoms with Gasteiger partial charge in [-0.05, 0) is 18.6 Å². The first-order valence-corrected chi connectivity index (χ1v) is 7.44. The molecule has 0 spiro atoms. The summed E-state index contributed by atoms with van der Waals surface area (Å²) in [6, 6.07) is 16.6. The van der Waals surface area contributed by atoms with Gasteiger partial charge in [-0.25, -0.2) is 0 Å². The zero-order chi connectivity index (χ0) is 14.5. The number of nitrogens with one attached hydrogen (secondary N) is 1. The first kappa shape index (κ1) is 13.9. The predicted octanol–water partition coefficient (Wildman–Crippen LogP) is 2.46. The Morgan fingerprint density at radius 1 is 1.19 bits per heavy atom. The minimum Gasteiger partial charge on any atom is -0.473 e. The Balaban J connectivity index is 1.68. The molecule has 0 bridgehead atoms. The van der Waals surface area contributed by atoms with Crippen molar-refractivity contribution in [1.82, 2.24) is 10.3 Å². The van der Waals surface area contributed by atoms with Gasteiger partial charge in [-0.3, -0.25) is 0 Å². The van der Waals surface area contributed by atoms with Gasteiger partial charge >= 0.3 is 0 Å². The number of pyridine rings is 1. The van der Waals surface area contributed by atoms with Crippen molar-refractivity contribution in [3.05, 3.63) is 54.1 Å². The molecule has 110 valence electrons. The molecule has 0 aliphatic carbocycles. The van der Waals surface area contributed by atoms with Gasteiger partial charge in [0.1, 0.15) is 12.4 Å². The average molecular weight is 283 g/mol. The van der Waals surface area contributed by atoms with Crippen molar-refractivity contribution in [3.8, 4) is 5.88 Å². The Morgan fingerprint density at radius 3 is 2.86 bits per heavy atom. The number of anilines is 1. The fourth-order valence-electron chi connectivity index (χ4n) is 2.56. The molecule has 1 aliphatic rings. The predicted molar refractivity (Wildman–Crippen MR) is 84.7 cm³/mol. The van der Waals surface area contributed by atoms with E-state index in [0.717, 1.165) is 31.0 Å². The van der Waals surface area contributed by atoms with E-state index in [9.17, 15) is 0 Å². The highest BCUT2D eigenvalue weighted by Crippen LogP contribution is 2.19. The van der Waals surface area contributed by atoms with Gasteiger partial charge in [-0.2, -0.15) is 4.98 Å². The topological polar surface area (TPSA) is 37.4 Å². The standard InChI is InChI=1S/C17H21N3O/c1-14-12-18-10-11-20(14)16-8-5-9-17(19-16)21-13-15-6-3-2-4-7-15/h2-9,14,18H,10-13H2,1H3. The van der Waals surface area contributed by atoms with E-state index in [1.165, 1.54) is 0 Å². The molecular formula is C17H21N3O. The van der Waals surface area contributed by atoms with Crippen LogP contribution in [0.1, 0.15) is 12.5 Å². The minimum absolute atomic E-state index is 0.454. The molecule has 1 aliphatic heterocycles. The van der Waals surface area contributed by atoms with Crippen LogP contribution in [0.15, 0.2) is 48.5 Å². The van der Waals surface area contributed by atoms with E-state index in [1.54, 1.807) is 0 Å². The van der Waals surface area contributed by atoms with E-state index in [1.807, 2.05) is 30.3 Å². The molecule has 1 atom stereocenters. The zero-order valence-electron chi connectivity index (χ0n) is 12.3. The highest BCUT2D eigenvalue weighted by molar-refractivity contribution is 5.42. The molecule has 1 unspecified atom stereocenters. The molecular weight excluding hydrogens is 262 g/mol. The lowest BCUT2D eigenvalue weighted by molar-refractivity contribution is 0.293. The Morgan fingerprint density at radius 2 is 2.05 bits per heavy atom. The van der Waals surface area contributed by atoms with Gasteiger partial charge in [0, 0.05) is 31.7 Å². The summed E-state index contributed by atoms with van der Waals surface area (Å²) in [7, 11) is 0. The van der Waals surface area contributed by atoms with Crippen LogP contribution in [0.4, 0.5) is 5.82 Å². The Bertz CT molecular complexity index is 573. The second-order valence-corrected chi connectivity index (χ2v) is 5.35. The van der Waals surface area contributed by atoms with Crippen LogP contribution in [0.25, 0.3) is 0 Å². The molecule has 4 heteroatoms. The van der Waals surface area contributed by atoms with E-state index in [4.69, 9.17) is 4.74 Å². The lowest BCUT2D eigenvalue weighted by Gasteiger charge is -2.34. The molecule has 1 aromatic carbocycles. The van der Waals surface area contributed by atoms with E-state index < -0.39 is 0 Å². The summed E-state index contributed by atoms with van der Waals surface area (Å²) in [6.07, 6.45) is 0. The summed E-state index contributed by atoms with van der Waals surface area (Å²) in [4.78, 5) is 6.96. The quantitative estimate of drug-likeness (QED) is 0.935. The van der Waals surface area contributed by atoms with Crippen molar-refractivity contribution in [3.63, 3.8) is 0 Å². The minimum atomic E-state index is 0.454. The smallest absolute Gasteiger partial charge is 0.215 e. The van der Waals surface area contributed by atoms with Gasteiger partial charge in [0.05, 0.1) is 0 Å². The van der Waals surface area contributed by atoms with Crippen LogP contribution in [0, 0.1) is 0 Å². The molecule has 1 aromatic heterocycles. The summed E-state index contributed by atoms with van der Waals surface area (Å²) >= 11 is 0. The number of hydrogen-bond donors (Lipinski definition) is 1. The Hall–Kier alpha value is -2.07. The molecule has 2 heterocycles. The number of hydrogen-bond acceptors (Lipinski definition) is 4. The normalized spacial score (nSPS) is 18.5. The number of ether oxygens (including phenoxy) is 1. The highest BCUT2D eigenvalue weighted by Gasteiger charge is 2.19. The number of aromatic nitrogens is 1. The van der Waals surface area contributed by atoms with E-state index in [-0.39, 0.29) is 0 Å². The number of nitrogens with zero attached hydrogens (tertiary/aromatic N) is 2. The maximum absolute atomic E-state index is 5.81. The maximum atomic E-state index is 5.81. The molecule has 0 saturated carbocycles. The average Bonchev–Trinajstić information content (AvgIpc) is 2.55. The van der Waals surface area contributed by atoms with Crippen LogP contribution in [0.3, 0.4) is 0 Å². The summed E-state index contributed by atoms with van der Waals surface area (Å²) in [5.41, 5.74) is 1.15. The molecule has 1 saturated heterocycles. The van der Waals surface area contributed by atoms with Gasteiger partial charge in [0.2, 0.25) is 5.88 Å². The van der Waals surface area contributed by atoms with Gasteiger partial charge in [0.25, 0.3) is 0 Å². The maximum Gasteiger partial charge on any atom is 0.215 e. The van der Waals surface area contributed by atoms with Gasteiger partial charge in [-0.1, -0.05) is 36.4 Å². The van der Waals surface area contributed by atoms with Crippen LogP contribution in [-0.2, 0) is 6.61 Å². The molecule has 0 amide bonds. The third kappa shape index (κ3) is 3.52. The fraction of sp³-hybridized carbons (Fsp3) is 0.353. The third-order valence-electron chi connectivity index (χ3n) is 3.73. The largest absolute Gasteiger partial charge is 0.473 e. The highest BCUT2D eigenvalue weighted by atomic mass is 16.5. The van der Waals surface area contributed by atoms with Gasteiger partial charge < -0.3 is 15.0 Å². The Labute approximate surface area is 125 Å². The van der Waals surface area contributed by atoms with Crippen molar-refractivity contribution in [2.45, 2.75) is 19.6 Å². The second-order valence-electron chi connectivity index (χ2n) is 5.35. The molecule has 3 rings (SSSR count). The third-order valence-corrected chi connectivity index (χ3v) is 3.73. The second kappa shape index (κ2) is 6.59. The first-order chi connectivity index (χ1) is 10.3. The molecule has 1 N–H and O–H groups in total. The summed E-state index contributed by atoms with van der Waals surface area (Å²) < 4.78 is 5.81. The fourth-order valence-corrected chi connectivity index (χ4v) is 2.56. The molecule has 1 fully saturated rings. The van der Waals surface area contributed by atoms with Crippen LogP contribution >= 0.6 is 0 Å². The lowest BCUT2D eigenvalue weighted by Crippen LogP contribution is -2.50. The zero-order valence-corrected chi connectivity index (χ0v) is 12.3. The molecule has 2 aromatic rings. The molecule has 0 radical (unpaired) electrons. The summed E-state index contributed by atoms with van der Waals surface area (Å²) in [6.45, 7) is 5.74. The summed E-state index contributed by atoms with van der Waals surface area (Å²) in [5.74, 6) is 1.68. The van der Waals surface area contributed by atoms with E-state index in [0.29, 0.717) is 18.5 Å². The lowest BCUT2D eigenvalue weighted by atomic mass is 10.2. The van der Waals surface area contributed by atoms with Crippen LogP contribution < -0.4 is 15.0 Å². The van der Waals surface area contributed by atoms with E-state index in [2.05, 4.69) is 40.3 Å². The van der Waals surface area contributed by atoms with Crippen molar-refractivity contribution in [1.29, 1.82) is 0 Å². The van der Waals surface area contributed by atoms with Crippen molar-refractivity contribution < 1.29 is 4.74 Å².